The Kier molecular flexibility index (Phi) is 11.9. The molecule has 1 saturated carbocycles. The summed E-state index contributed by atoms with van der Waals surface area (Å²) in [5, 5.41) is 5.35. The second-order valence-corrected chi connectivity index (χ2v) is 19.9. The SMILES string of the molecule is CCCCC[C@H]1CC[C@H](c2ccc(C(=O)Nc3ccc(-c4cc(Br)c5c(c4)-c4c(c6c(c7ccccc47)OC(c4ccc(OC)cc4)(c4ccc(OC)cc4)C=C6)C5(C)C)cc3)cc2)CC1. The molecule has 0 radical (unpaired) electrons. The molecule has 66 heavy (non-hydrogen) atoms. The summed E-state index contributed by atoms with van der Waals surface area (Å²) >= 11 is 4.08. The standard InChI is InChI=1S/C60H58BrNO4/c1-6-7-8-11-38-14-16-39(17-15-38)40-18-20-42(21-19-40)58(63)62-46-28-22-41(23-29-46)43-36-52-54-49-12-9-10-13-50(49)57-51(56(54)59(2,3)55(52)53(61)37-43)34-35-60(66-57,44-24-30-47(64-4)31-25-44)45-26-32-48(65-5)33-27-45/h9-10,12-13,18-39H,6-8,11,14-17H2,1-5H3,(H,62,63)/t38-,39-. The highest BCUT2D eigenvalue weighted by Gasteiger charge is 2.45. The highest BCUT2D eigenvalue weighted by Crippen LogP contribution is 2.60. The number of benzene rings is 7. The number of carbonyl (C=O) groups is 1. The lowest BCUT2D eigenvalue weighted by Crippen LogP contribution is -2.35. The molecule has 1 fully saturated rings. The molecule has 1 N–H and O–H groups in total. The third-order valence-electron chi connectivity index (χ3n) is 14.8. The lowest BCUT2D eigenvalue weighted by molar-refractivity contribution is 0.102. The van der Waals surface area contributed by atoms with Gasteiger partial charge in [-0.3, -0.25) is 4.79 Å². The molecular weight excluding hydrogens is 879 g/mol. The molecule has 0 bridgehead atoms. The first-order chi connectivity index (χ1) is 32.1. The first-order valence-electron chi connectivity index (χ1n) is 23.7. The molecule has 1 heterocycles. The third kappa shape index (κ3) is 7.81. The maximum absolute atomic E-state index is 13.5. The summed E-state index contributed by atoms with van der Waals surface area (Å²) in [6, 6.07) is 46.1. The molecular formula is C60H58BrNO4. The van der Waals surface area contributed by atoms with Crippen molar-refractivity contribution in [3.63, 3.8) is 0 Å². The highest BCUT2D eigenvalue weighted by molar-refractivity contribution is 9.10. The molecule has 3 aliphatic rings. The van der Waals surface area contributed by atoms with E-state index in [1.165, 1.54) is 79.2 Å². The second kappa shape index (κ2) is 17.9. The second-order valence-electron chi connectivity index (χ2n) is 19.0. The molecule has 334 valence electrons. The predicted octanol–water partition coefficient (Wildman–Crippen LogP) is 16.0. The zero-order chi connectivity index (χ0) is 45.6. The van der Waals surface area contributed by atoms with Gasteiger partial charge in [0.1, 0.15) is 17.2 Å². The van der Waals surface area contributed by atoms with Crippen LogP contribution in [0, 0.1) is 5.92 Å². The smallest absolute Gasteiger partial charge is 0.255 e. The number of fused-ring (bicyclic) bond motifs is 8. The molecule has 2 aliphatic carbocycles. The number of anilines is 1. The summed E-state index contributed by atoms with van der Waals surface area (Å²) in [7, 11) is 3.37. The number of hydrogen-bond acceptors (Lipinski definition) is 4. The lowest BCUT2D eigenvalue weighted by atomic mass is 9.76. The fourth-order valence-electron chi connectivity index (χ4n) is 11.2. The Morgan fingerprint density at radius 2 is 1.36 bits per heavy atom. The van der Waals surface area contributed by atoms with Gasteiger partial charge >= 0.3 is 0 Å². The Bertz CT molecular complexity index is 2890. The van der Waals surface area contributed by atoms with E-state index in [0.717, 1.165) is 71.9 Å². The number of halogens is 1. The Balaban J connectivity index is 0.944. The van der Waals surface area contributed by atoms with E-state index >= 15 is 0 Å². The van der Waals surface area contributed by atoms with Crippen LogP contribution in [0.4, 0.5) is 5.69 Å². The Morgan fingerprint density at radius 1 is 0.727 bits per heavy atom. The predicted molar refractivity (Wildman–Crippen MR) is 274 cm³/mol. The molecule has 7 aromatic rings. The van der Waals surface area contributed by atoms with Crippen LogP contribution in [-0.4, -0.2) is 20.1 Å². The van der Waals surface area contributed by atoms with Gasteiger partial charge in [0.25, 0.3) is 5.91 Å². The summed E-state index contributed by atoms with van der Waals surface area (Å²) < 4.78 is 19.7. The van der Waals surface area contributed by atoms with Gasteiger partial charge in [-0.25, -0.2) is 0 Å². The summed E-state index contributed by atoms with van der Waals surface area (Å²) in [6.45, 7) is 6.93. The van der Waals surface area contributed by atoms with E-state index in [-0.39, 0.29) is 11.3 Å². The molecule has 0 atom stereocenters. The maximum atomic E-state index is 13.5. The van der Waals surface area contributed by atoms with Gasteiger partial charge in [-0.1, -0.05) is 141 Å². The zero-order valence-corrected chi connectivity index (χ0v) is 40.3. The number of unbranched alkanes of at least 4 members (excludes halogenated alkanes) is 2. The summed E-state index contributed by atoms with van der Waals surface area (Å²) in [6.07, 6.45) is 15.0. The quantitative estimate of drug-likeness (QED) is 0.124. The van der Waals surface area contributed by atoms with E-state index in [9.17, 15) is 4.79 Å². The van der Waals surface area contributed by atoms with Crippen LogP contribution < -0.4 is 19.5 Å². The zero-order valence-electron chi connectivity index (χ0n) is 38.7. The summed E-state index contributed by atoms with van der Waals surface area (Å²) in [5.74, 6) is 3.83. The Morgan fingerprint density at radius 3 is 1.98 bits per heavy atom. The van der Waals surface area contributed by atoms with Crippen molar-refractivity contribution in [2.75, 3.05) is 19.5 Å². The molecule has 6 heteroatoms. The number of methoxy groups -OCH3 is 2. The van der Waals surface area contributed by atoms with Crippen molar-refractivity contribution >= 4 is 44.4 Å². The first kappa shape index (κ1) is 43.8. The van der Waals surface area contributed by atoms with Crippen LogP contribution in [0.1, 0.15) is 122 Å². The fourth-order valence-corrected chi connectivity index (χ4v) is 12.2. The number of carbonyl (C=O) groups excluding carboxylic acids is 1. The fraction of sp³-hybridized carbons (Fsp3) is 0.283. The van der Waals surface area contributed by atoms with Gasteiger partial charge in [0, 0.05) is 43.2 Å². The van der Waals surface area contributed by atoms with E-state index in [4.69, 9.17) is 14.2 Å². The van der Waals surface area contributed by atoms with Crippen molar-refractivity contribution in [3.05, 3.63) is 183 Å². The van der Waals surface area contributed by atoms with Crippen molar-refractivity contribution in [3.8, 4) is 39.5 Å². The third-order valence-corrected chi connectivity index (χ3v) is 15.4. The Labute approximate surface area is 398 Å². The van der Waals surface area contributed by atoms with Crippen LogP contribution in [0.3, 0.4) is 0 Å². The van der Waals surface area contributed by atoms with Crippen LogP contribution in [0.25, 0.3) is 39.1 Å². The van der Waals surface area contributed by atoms with E-state index in [2.05, 4.69) is 139 Å². The number of hydrogen-bond donors (Lipinski definition) is 1. The van der Waals surface area contributed by atoms with Crippen LogP contribution in [-0.2, 0) is 11.0 Å². The molecule has 7 aromatic carbocycles. The number of amides is 1. The van der Waals surface area contributed by atoms with E-state index in [1.807, 2.05) is 48.5 Å². The molecule has 0 saturated heterocycles. The summed E-state index contributed by atoms with van der Waals surface area (Å²) in [4.78, 5) is 13.5. The van der Waals surface area contributed by atoms with Gasteiger partial charge in [-0.15, -0.1) is 0 Å². The monoisotopic (exact) mass is 935 g/mol. The minimum absolute atomic E-state index is 0.0912. The number of ether oxygens (including phenoxy) is 3. The molecule has 0 aromatic heterocycles. The van der Waals surface area contributed by atoms with Gasteiger partial charge in [0.05, 0.1) is 14.2 Å². The van der Waals surface area contributed by atoms with Crippen molar-refractivity contribution in [2.45, 2.75) is 89.1 Å². The minimum Gasteiger partial charge on any atom is -0.497 e. The number of nitrogens with one attached hydrogen (secondary N) is 1. The largest absolute Gasteiger partial charge is 0.497 e. The maximum Gasteiger partial charge on any atom is 0.255 e. The van der Waals surface area contributed by atoms with Gasteiger partial charge in [-0.05, 0) is 149 Å². The average Bonchev–Trinajstić information content (AvgIpc) is 3.61. The number of rotatable bonds is 12. The van der Waals surface area contributed by atoms with E-state index < -0.39 is 5.60 Å². The van der Waals surface area contributed by atoms with Gasteiger partial charge in [0.2, 0.25) is 0 Å². The van der Waals surface area contributed by atoms with Crippen molar-refractivity contribution < 1.29 is 19.0 Å². The van der Waals surface area contributed by atoms with Gasteiger partial charge in [0.15, 0.2) is 5.60 Å². The van der Waals surface area contributed by atoms with Crippen molar-refractivity contribution in [1.29, 1.82) is 0 Å². The van der Waals surface area contributed by atoms with E-state index in [0.29, 0.717) is 11.5 Å². The molecule has 10 rings (SSSR count). The van der Waals surface area contributed by atoms with Crippen LogP contribution in [0.5, 0.6) is 17.2 Å². The van der Waals surface area contributed by atoms with Gasteiger partial charge in [-0.2, -0.15) is 0 Å². The highest BCUT2D eigenvalue weighted by atomic mass is 79.9. The first-order valence-corrected chi connectivity index (χ1v) is 24.5. The molecule has 1 amide bonds. The van der Waals surface area contributed by atoms with Crippen molar-refractivity contribution in [1.82, 2.24) is 0 Å². The van der Waals surface area contributed by atoms with Crippen molar-refractivity contribution in [2.24, 2.45) is 5.92 Å². The average molecular weight is 937 g/mol. The minimum atomic E-state index is -0.908. The normalized spacial score (nSPS) is 17.6. The molecule has 5 nitrogen and oxygen atoms in total. The molecule has 0 unspecified atom stereocenters. The van der Waals surface area contributed by atoms with Crippen LogP contribution >= 0.6 is 15.9 Å². The van der Waals surface area contributed by atoms with Crippen LogP contribution in [0.2, 0.25) is 0 Å². The van der Waals surface area contributed by atoms with Gasteiger partial charge < -0.3 is 19.5 Å². The van der Waals surface area contributed by atoms with Crippen LogP contribution in [0.15, 0.2) is 144 Å². The summed E-state index contributed by atoms with van der Waals surface area (Å²) in [5.41, 5.74) is 11.7. The molecule has 1 aliphatic heterocycles. The van der Waals surface area contributed by atoms with E-state index in [1.54, 1.807) is 14.2 Å². The topological polar surface area (TPSA) is 56.8 Å². The lowest BCUT2D eigenvalue weighted by Gasteiger charge is -2.38. The molecule has 0 spiro atoms. The Hall–Kier alpha value is -6.11.